The van der Waals surface area contributed by atoms with E-state index >= 15 is 0 Å². The summed E-state index contributed by atoms with van der Waals surface area (Å²) in [5, 5.41) is 15.7. The number of ether oxygens (including phenoxy) is 1. The number of carbonyl (C=O) groups is 2. The fourth-order valence-electron chi connectivity index (χ4n) is 3.11. The number of nitro groups is 1. The average molecular weight is 399 g/mol. The lowest BCUT2D eigenvalue weighted by molar-refractivity contribution is -0.385. The van der Waals surface area contributed by atoms with Crippen LogP contribution in [0.2, 0.25) is 0 Å². The van der Waals surface area contributed by atoms with Crippen LogP contribution in [0, 0.1) is 17.0 Å². The van der Waals surface area contributed by atoms with Crippen molar-refractivity contribution in [1.29, 1.82) is 0 Å². The number of rotatable bonds is 7. The molecule has 0 fully saturated rings. The van der Waals surface area contributed by atoms with Crippen molar-refractivity contribution in [2.45, 2.75) is 54.5 Å². The van der Waals surface area contributed by atoms with E-state index in [1.165, 1.54) is 29.9 Å². The second-order valence-electron chi connectivity index (χ2n) is 7.02. The first-order valence-corrected chi connectivity index (χ1v) is 9.31. The number of benzene rings is 1. The van der Waals surface area contributed by atoms with Gasteiger partial charge in [-0.2, -0.15) is 5.10 Å². The third-order valence-electron chi connectivity index (χ3n) is 4.72. The summed E-state index contributed by atoms with van der Waals surface area (Å²) < 4.78 is 6.72. The fraction of sp³-hybridized carbons (Fsp3) is 0.381. The number of hydrogen-bond donors (Lipinski definition) is 0. The number of nitrogens with zero attached hydrogens (tertiary/aromatic N) is 3. The van der Waals surface area contributed by atoms with Crippen LogP contribution < -0.4 is 4.74 Å². The number of aromatic nitrogens is 2. The van der Waals surface area contributed by atoms with Gasteiger partial charge in [0, 0.05) is 25.1 Å². The van der Waals surface area contributed by atoms with Gasteiger partial charge in [-0.1, -0.05) is 12.5 Å². The first-order chi connectivity index (χ1) is 13.6. The summed E-state index contributed by atoms with van der Waals surface area (Å²) in [4.78, 5) is 35.9. The van der Waals surface area contributed by atoms with Crippen LogP contribution in [0.4, 0.5) is 5.69 Å². The minimum atomic E-state index is -0.557. The molecule has 0 aliphatic heterocycles. The molecule has 0 radical (unpaired) electrons. The van der Waals surface area contributed by atoms with Gasteiger partial charge in [0.15, 0.2) is 5.78 Å². The Morgan fingerprint density at radius 1 is 1.17 bits per heavy atom. The van der Waals surface area contributed by atoms with E-state index in [2.05, 4.69) is 5.10 Å². The second kappa shape index (κ2) is 8.81. The Labute approximate surface area is 169 Å². The van der Waals surface area contributed by atoms with Crippen molar-refractivity contribution in [2.24, 2.45) is 0 Å². The highest BCUT2D eigenvalue weighted by molar-refractivity contribution is 6.12. The van der Waals surface area contributed by atoms with Gasteiger partial charge in [0.05, 0.1) is 16.7 Å². The number of ketones is 1. The summed E-state index contributed by atoms with van der Waals surface area (Å²) in [5.74, 6) is -0.875. The van der Waals surface area contributed by atoms with Gasteiger partial charge in [0.25, 0.3) is 5.69 Å². The molecule has 0 saturated carbocycles. The minimum Gasteiger partial charge on any atom is -0.407 e. The van der Waals surface area contributed by atoms with Crippen molar-refractivity contribution in [3.8, 4) is 5.88 Å². The normalized spacial score (nSPS) is 10.6. The Hall–Kier alpha value is -3.29. The Kier molecular flexibility index (Phi) is 6.68. The number of aryl methyl sites for hydroxylation is 1. The molecule has 154 valence electrons. The number of carbonyl (C=O) groups excluding carboxylic acids is 2. The maximum absolute atomic E-state index is 13.3. The van der Waals surface area contributed by atoms with Gasteiger partial charge in [-0.05, 0) is 51.3 Å². The second-order valence-corrected chi connectivity index (χ2v) is 7.02. The number of esters is 1. The summed E-state index contributed by atoms with van der Waals surface area (Å²) >= 11 is 0. The Morgan fingerprint density at radius 2 is 1.83 bits per heavy atom. The van der Waals surface area contributed by atoms with Crippen LogP contribution in [0.1, 0.15) is 68.1 Å². The molecular weight excluding hydrogens is 374 g/mol. The quantitative estimate of drug-likeness (QED) is 0.294. The van der Waals surface area contributed by atoms with Gasteiger partial charge < -0.3 is 4.74 Å². The van der Waals surface area contributed by atoms with E-state index in [1.807, 2.05) is 20.8 Å². The molecule has 1 heterocycles. The van der Waals surface area contributed by atoms with E-state index < -0.39 is 16.7 Å². The molecule has 0 saturated heterocycles. The smallest absolute Gasteiger partial charge is 0.309 e. The molecule has 0 aliphatic rings. The van der Waals surface area contributed by atoms with Gasteiger partial charge in [-0.25, -0.2) is 4.68 Å². The number of nitro benzene ring substituents is 1. The molecule has 8 nitrogen and oxygen atoms in total. The van der Waals surface area contributed by atoms with Gasteiger partial charge in [-0.3, -0.25) is 19.7 Å². The first kappa shape index (κ1) is 22.0. The Morgan fingerprint density at radius 3 is 2.34 bits per heavy atom. The van der Waals surface area contributed by atoms with Crippen molar-refractivity contribution >= 4 is 23.0 Å². The summed E-state index contributed by atoms with van der Waals surface area (Å²) in [7, 11) is 0. The third kappa shape index (κ3) is 4.42. The largest absolute Gasteiger partial charge is 0.407 e. The molecule has 8 heteroatoms. The van der Waals surface area contributed by atoms with Crippen molar-refractivity contribution in [3.05, 3.63) is 56.3 Å². The van der Waals surface area contributed by atoms with Crippen LogP contribution >= 0.6 is 0 Å². The fourth-order valence-corrected chi connectivity index (χ4v) is 3.11. The molecule has 2 rings (SSSR count). The molecule has 0 atom stereocenters. The summed E-state index contributed by atoms with van der Waals surface area (Å²) in [6, 6.07) is 2.77. The van der Waals surface area contributed by atoms with Crippen molar-refractivity contribution in [1.82, 2.24) is 9.78 Å². The maximum atomic E-state index is 13.3. The lowest BCUT2D eigenvalue weighted by atomic mass is 9.90. The van der Waals surface area contributed by atoms with Crippen molar-refractivity contribution in [2.75, 3.05) is 0 Å². The van der Waals surface area contributed by atoms with Gasteiger partial charge in [0.1, 0.15) is 5.56 Å². The van der Waals surface area contributed by atoms with E-state index in [1.54, 1.807) is 13.8 Å². The van der Waals surface area contributed by atoms with Gasteiger partial charge in [-0.15, -0.1) is 0 Å². The molecule has 1 aromatic heterocycles. The van der Waals surface area contributed by atoms with E-state index in [0.717, 1.165) is 17.6 Å². The molecule has 0 unspecified atom stereocenters. The van der Waals surface area contributed by atoms with Crippen molar-refractivity contribution in [3.63, 3.8) is 0 Å². The summed E-state index contributed by atoms with van der Waals surface area (Å²) in [6.45, 7) is 10.9. The lowest BCUT2D eigenvalue weighted by Crippen LogP contribution is -2.13. The van der Waals surface area contributed by atoms with Crippen molar-refractivity contribution < 1.29 is 19.2 Å². The molecule has 0 N–H and O–H groups in total. The predicted molar refractivity (Wildman–Crippen MR) is 109 cm³/mol. The van der Waals surface area contributed by atoms with E-state index in [4.69, 9.17) is 4.74 Å². The maximum Gasteiger partial charge on any atom is 0.309 e. The minimum absolute atomic E-state index is 0.0559. The molecule has 0 spiro atoms. The molecule has 0 aliphatic carbocycles. The zero-order chi connectivity index (χ0) is 21.9. The highest BCUT2D eigenvalue weighted by atomic mass is 16.6. The van der Waals surface area contributed by atoms with Crippen LogP contribution in [-0.2, 0) is 11.3 Å². The SMILES string of the molecule is CCCn1ncc(C(=O)c2ccc([N+](=O)[O-])c(C(C)=C(C)C)c2C)c1OC(C)=O. The third-order valence-corrected chi connectivity index (χ3v) is 4.72. The summed E-state index contributed by atoms with van der Waals surface area (Å²) in [6.07, 6.45) is 2.11. The van der Waals surface area contributed by atoms with Crippen LogP contribution in [0.5, 0.6) is 5.88 Å². The van der Waals surface area contributed by atoms with Crippen LogP contribution in [0.15, 0.2) is 23.9 Å². The summed E-state index contributed by atoms with van der Waals surface area (Å²) in [5.41, 5.74) is 2.97. The lowest BCUT2D eigenvalue weighted by Gasteiger charge is -2.13. The van der Waals surface area contributed by atoms with Crippen LogP contribution in [0.3, 0.4) is 0 Å². The Bertz CT molecular complexity index is 1010. The molecular formula is C21H25N3O5. The van der Waals surface area contributed by atoms with Crippen LogP contribution in [0.25, 0.3) is 5.57 Å². The number of allylic oxidation sites excluding steroid dienone is 2. The molecule has 0 bridgehead atoms. The predicted octanol–water partition coefficient (Wildman–Crippen LogP) is 4.48. The highest BCUT2D eigenvalue weighted by Gasteiger charge is 2.27. The molecule has 29 heavy (non-hydrogen) atoms. The topological polar surface area (TPSA) is 104 Å². The van der Waals surface area contributed by atoms with E-state index in [-0.39, 0.29) is 17.1 Å². The Balaban J connectivity index is 2.69. The molecule has 2 aromatic rings. The van der Waals surface area contributed by atoms with Gasteiger partial charge >= 0.3 is 5.97 Å². The zero-order valence-corrected chi connectivity index (χ0v) is 17.5. The average Bonchev–Trinajstić information content (AvgIpc) is 3.02. The molecule has 1 aromatic carbocycles. The van der Waals surface area contributed by atoms with E-state index in [0.29, 0.717) is 23.2 Å². The number of hydrogen-bond acceptors (Lipinski definition) is 6. The molecule has 0 amide bonds. The first-order valence-electron chi connectivity index (χ1n) is 9.31. The monoisotopic (exact) mass is 399 g/mol. The highest BCUT2D eigenvalue weighted by Crippen LogP contribution is 2.34. The van der Waals surface area contributed by atoms with Gasteiger partial charge in [0.2, 0.25) is 5.88 Å². The standard InChI is InChI=1S/C21H25N3O5/c1-7-10-23-21(29-15(6)25)17(11-22-23)20(26)16-8-9-18(24(27)28)19(14(16)5)13(4)12(2)3/h8-9,11H,7,10H2,1-6H3. The zero-order valence-electron chi connectivity index (χ0n) is 17.5. The van der Waals surface area contributed by atoms with E-state index in [9.17, 15) is 19.7 Å². The van der Waals surface area contributed by atoms with Crippen LogP contribution in [-0.4, -0.2) is 26.5 Å².